The van der Waals surface area contributed by atoms with Crippen LogP contribution < -0.4 is 5.56 Å². The summed E-state index contributed by atoms with van der Waals surface area (Å²) in [5.74, 6) is 0. The van der Waals surface area contributed by atoms with Gasteiger partial charge >= 0.3 is 0 Å². The number of aromatic nitrogens is 4. The first-order chi connectivity index (χ1) is 9.24. The summed E-state index contributed by atoms with van der Waals surface area (Å²) in [4.78, 5) is 20.4. The van der Waals surface area contributed by atoms with E-state index in [0.29, 0.717) is 11.3 Å². The first kappa shape index (κ1) is 11.4. The summed E-state index contributed by atoms with van der Waals surface area (Å²) in [6, 6.07) is 7.13. The molecule has 3 rings (SSSR count). The monoisotopic (exact) mass is 252 g/mol. The molecule has 0 saturated carbocycles. The Balaban J connectivity index is 2.03. The molecule has 0 fully saturated rings. The highest BCUT2D eigenvalue weighted by Crippen LogP contribution is 2.05. The Hall–Kier alpha value is -2.69. The summed E-state index contributed by atoms with van der Waals surface area (Å²) in [7, 11) is 1.81. The first-order valence-corrected chi connectivity index (χ1v) is 5.87. The minimum atomic E-state index is -0.0941. The summed E-state index contributed by atoms with van der Waals surface area (Å²) in [6.07, 6.45) is 8.97. The molecule has 0 bridgehead atoms. The van der Waals surface area contributed by atoms with E-state index in [4.69, 9.17) is 0 Å². The summed E-state index contributed by atoms with van der Waals surface area (Å²) in [5, 5.41) is 0. The Bertz CT molecular complexity index is 799. The molecule has 19 heavy (non-hydrogen) atoms. The smallest absolute Gasteiger partial charge is 0.273 e. The minimum absolute atomic E-state index is 0.0941. The Morgan fingerprint density at radius 2 is 2.16 bits per heavy atom. The number of pyridine rings is 1. The van der Waals surface area contributed by atoms with Crippen molar-refractivity contribution in [2.45, 2.75) is 0 Å². The second-order valence-corrected chi connectivity index (χ2v) is 4.20. The molecule has 5 heteroatoms. The van der Waals surface area contributed by atoms with Gasteiger partial charge in [0, 0.05) is 37.8 Å². The van der Waals surface area contributed by atoms with Crippen LogP contribution in [0.2, 0.25) is 0 Å². The third kappa shape index (κ3) is 2.18. The lowest BCUT2D eigenvalue weighted by Gasteiger charge is -1.99. The van der Waals surface area contributed by atoms with Crippen LogP contribution in [0, 0.1) is 0 Å². The minimum Gasteiger partial charge on any atom is -0.287 e. The maximum Gasteiger partial charge on any atom is 0.273 e. The van der Waals surface area contributed by atoms with Crippen molar-refractivity contribution >= 4 is 17.8 Å². The van der Waals surface area contributed by atoms with Crippen LogP contribution in [0.15, 0.2) is 47.7 Å². The van der Waals surface area contributed by atoms with Crippen LogP contribution in [0.4, 0.5) is 0 Å². The molecule has 0 saturated heterocycles. The normalized spacial score (nSPS) is 11.4. The highest BCUT2D eigenvalue weighted by Gasteiger charge is 2.02. The molecule has 3 heterocycles. The van der Waals surface area contributed by atoms with Crippen LogP contribution in [0.5, 0.6) is 0 Å². The summed E-state index contributed by atoms with van der Waals surface area (Å²) >= 11 is 0. The van der Waals surface area contributed by atoms with Crippen molar-refractivity contribution in [3.8, 4) is 0 Å². The van der Waals surface area contributed by atoms with Crippen molar-refractivity contribution < 1.29 is 0 Å². The molecule has 3 aromatic heterocycles. The molecule has 3 aromatic rings. The first-order valence-electron chi connectivity index (χ1n) is 5.87. The molecule has 0 aromatic carbocycles. The van der Waals surface area contributed by atoms with Crippen LogP contribution in [-0.4, -0.2) is 19.2 Å². The number of hydrogen-bond donors (Lipinski definition) is 0. The molecule has 0 aliphatic carbocycles. The lowest BCUT2D eigenvalue weighted by atomic mass is 10.2. The molecule has 0 aliphatic rings. The summed E-state index contributed by atoms with van der Waals surface area (Å²) in [5.41, 5.74) is 2.15. The maximum atomic E-state index is 11.9. The van der Waals surface area contributed by atoms with E-state index in [2.05, 4.69) is 9.97 Å². The zero-order valence-corrected chi connectivity index (χ0v) is 10.4. The molecule has 0 amide bonds. The van der Waals surface area contributed by atoms with Crippen molar-refractivity contribution in [1.82, 2.24) is 19.2 Å². The Kier molecular flexibility index (Phi) is 2.72. The van der Waals surface area contributed by atoms with E-state index in [1.807, 2.05) is 30.4 Å². The van der Waals surface area contributed by atoms with E-state index in [9.17, 15) is 4.79 Å². The second kappa shape index (κ2) is 4.53. The average molecular weight is 252 g/mol. The lowest BCUT2D eigenvalue weighted by molar-refractivity contribution is 0.680. The van der Waals surface area contributed by atoms with Gasteiger partial charge < -0.3 is 0 Å². The molecule has 5 nitrogen and oxygen atoms in total. The van der Waals surface area contributed by atoms with Gasteiger partial charge in [0.2, 0.25) is 0 Å². The van der Waals surface area contributed by atoms with Crippen LogP contribution in [0.1, 0.15) is 11.3 Å². The van der Waals surface area contributed by atoms with Crippen LogP contribution in [0.25, 0.3) is 17.8 Å². The van der Waals surface area contributed by atoms with E-state index in [1.54, 1.807) is 30.3 Å². The fraction of sp³-hybridized carbons (Fsp3) is 0.0714. The van der Waals surface area contributed by atoms with E-state index < -0.39 is 0 Å². The van der Waals surface area contributed by atoms with Crippen LogP contribution in [0.3, 0.4) is 0 Å². The predicted octanol–water partition coefficient (Wildman–Crippen LogP) is 1.60. The van der Waals surface area contributed by atoms with Crippen LogP contribution in [-0.2, 0) is 7.05 Å². The summed E-state index contributed by atoms with van der Waals surface area (Å²) in [6.45, 7) is 0. The fourth-order valence-electron chi connectivity index (χ4n) is 1.92. The molecule has 0 atom stereocenters. The third-order valence-corrected chi connectivity index (χ3v) is 2.83. The fourth-order valence-corrected chi connectivity index (χ4v) is 1.92. The van der Waals surface area contributed by atoms with E-state index in [1.165, 1.54) is 10.6 Å². The number of hydrogen-bond acceptors (Lipinski definition) is 3. The Labute approximate surface area is 109 Å². The van der Waals surface area contributed by atoms with E-state index >= 15 is 0 Å². The van der Waals surface area contributed by atoms with Crippen molar-refractivity contribution in [2.75, 3.05) is 0 Å². The van der Waals surface area contributed by atoms with E-state index in [-0.39, 0.29) is 5.56 Å². The molecular weight excluding hydrogens is 240 g/mol. The number of nitrogens with zero attached hydrogens (tertiary/aromatic N) is 4. The molecule has 94 valence electrons. The van der Waals surface area contributed by atoms with Gasteiger partial charge in [-0.1, -0.05) is 12.1 Å². The molecular formula is C14H12N4O. The highest BCUT2D eigenvalue weighted by atomic mass is 16.1. The quantitative estimate of drug-likeness (QED) is 0.696. The topological polar surface area (TPSA) is 52.2 Å². The zero-order valence-electron chi connectivity index (χ0n) is 10.4. The third-order valence-electron chi connectivity index (χ3n) is 2.83. The van der Waals surface area contributed by atoms with Gasteiger partial charge in [-0.15, -0.1) is 0 Å². The average Bonchev–Trinajstić information content (AvgIpc) is 2.80. The highest BCUT2D eigenvalue weighted by molar-refractivity contribution is 5.68. The van der Waals surface area contributed by atoms with Gasteiger partial charge in [0.15, 0.2) is 5.65 Å². The van der Waals surface area contributed by atoms with Gasteiger partial charge in [-0.05, 0) is 17.7 Å². The van der Waals surface area contributed by atoms with Gasteiger partial charge in [0.1, 0.15) is 0 Å². The predicted molar refractivity (Wildman–Crippen MR) is 73.6 cm³/mol. The number of rotatable bonds is 2. The van der Waals surface area contributed by atoms with Gasteiger partial charge in [0.05, 0.1) is 5.69 Å². The lowest BCUT2D eigenvalue weighted by Crippen LogP contribution is -2.18. The van der Waals surface area contributed by atoms with Crippen molar-refractivity contribution in [1.29, 1.82) is 0 Å². The molecule has 0 unspecified atom stereocenters. The van der Waals surface area contributed by atoms with Gasteiger partial charge in [-0.25, -0.2) is 4.98 Å². The van der Waals surface area contributed by atoms with Crippen molar-refractivity contribution in [2.24, 2.45) is 7.05 Å². The van der Waals surface area contributed by atoms with Gasteiger partial charge in [-0.2, -0.15) is 4.52 Å². The van der Waals surface area contributed by atoms with Gasteiger partial charge in [0.25, 0.3) is 5.56 Å². The SMILES string of the molecule is Cn1ccc2nc(/C=C/c3cccnc3)cc(=O)n21. The molecule has 0 radical (unpaired) electrons. The maximum absolute atomic E-state index is 11.9. The zero-order chi connectivity index (χ0) is 13.2. The number of fused-ring (bicyclic) bond motifs is 1. The number of aryl methyl sites for hydroxylation is 1. The standard InChI is InChI=1S/C14H12N4O/c1-17-8-6-13-16-12(9-14(19)18(13)17)5-4-11-3-2-7-15-10-11/h2-10H,1H3/b5-4+. The molecule has 0 N–H and O–H groups in total. The van der Waals surface area contributed by atoms with E-state index in [0.717, 1.165) is 5.56 Å². The molecule has 0 aliphatic heterocycles. The summed E-state index contributed by atoms with van der Waals surface area (Å²) < 4.78 is 3.22. The Morgan fingerprint density at radius 1 is 1.26 bits per heavy atom. The largest absolute Gasteiger partial charge is 0.287 e. The molecule has 0 spiro atoms. The second-order valence-electron chi connectivity index (χ2n) is 4.20. The van der Waals surface area contributed by atoms with Gasteiger partial charge in [-0.3, -0.25) is 14.5 Å². The Morgan fingerprint density at radius 3 is 2.95 bits per heavy atom. The van der Waals surface area contributed by atoms with Crippen molar-refractivity contribution in [3.05, 3.63) is 64.5 Å². The van der Waals surface area contributed by atoms with Crippen LogP contribution >= 0.6 is 0 Å². The van der Waals surface area contributed by atoms with Crippen molar-refractivity contribution in [3.63, 3.8) is 0 Å².